The summed E-state index contributed by atoms with van der Waals surface area (Å²) >= 11 is 0. The Balaban J connectivity index is 2.38. The number of methoxy groups -OCH3 is 1. The van der Waals surface area contributed by atoms with E-state index in [0.29, 0.717) is 11.7 Å². The number of carbonyl (C=O) groups excluding carboxylic acids is 2. The summed E-state index contributed by atoms with van der Waals surface area (Å²) in [5.74, 6) is -0.782. The molecule has 23 heavy (non-hydrogen) atoms. The van der Waals surface area contributed by atoms with Gasteiger partial charge in [0.2, 0.25) is 5.96 Å². The second-order valence-corrected chi connectivity index (χ2v) is 5.03. The quantitative estimate of drug-likeness (QED) is 0.478. The molecule has 7 nitrogen and oxygen atoms in total. The lowest BCUT2D eigenvalue weighted by Gasteiger charge is -2.19. The van der Waals surface area contributed by atoms with Crippen molar-refractivity contribution in [3.8, 4) is 0 Å². The molecule has 7 heteroatoms. The van der Waals surface area contributed by atoms with Crippen LogP contribution in [0.25, 0.3) is 0 Å². The maximum absolute atomic E-state index is 12.4. The van der Waals surface area contributed by atoms with Crippen molar-refractivity contribution in [1.29, 1.82) is 0 Å². The Morgan fingerprint density at radius 1 is 1.30 bits per heavy atom. The number of hydrazone groups is 1. The van der Waals surface area contributed by atoms with E-state index in [1.165, 1.54) is 12.1 Å². The van der Waals surface area contributed by atoms with Crippen LogP contribution in [0.15, 0.2) is 52.2 Å². The number of benzene rings is 1. The van der Waals surface area contributed by atoms with E-state index in [1.807, 2.05) is 30.3 Å². The Kier molecular flexibility index (Phi) is 4.90. The number of carbonyl (C=O) groups is 2. The molecule has 1 aliphatic heterocycles. The first-order valence-corrected chi connectivity index (χ1v) is 6.94. The predicted octanol–water partition coefficient (Wildman–Crippen LogP) is 1.23. The SMILES string of the molecule is COC(=O)/C=C1\N=C(N(C)C)N(/N=C(/C)c2ccccc2)C1=O. The van der Waals surface area contributed by atoms with Crippen molar-refractivity contribution < 1.29 is 14.3 Å². The standard InChI is InChI=1S/C16H18N4O3/c1-11(12-8-6-5-7-9-12)18-20-15(22)13(10-14(21)23-4)17-16(20)19(2)3/h5-10H,1-4H3/b13-10-,18-11-. The number of hydrogen-bond acceptors (Lipinski definition) is 6. The molecule has 1 aromatic carbocycles. The first-order chi connectivity index (χ1) is 10.9. The molecule has 0 unspecified atom stereocenters. The largest absolute Gasteiger partial charge is 0.466 e. The Morgan fingerprint density at radius 2 is 1.96 bits per heavy atom. The zero-order valence-corrected chi connectivity index (χ0v) is 13.5. The molecule has 1 heterocycles. The van der Waals surface area contributed by atoms with Gasteiger partial charge in [0.25, 0.3) is 5.91 Å². The van der Waals surface area contributed by atoms with Gasteiger partial charge in [-0.15, -0.1) is 0 Å². The number of amides is 1. The molecule has 0 radical (unpaired) electrons. The highest BCUT2D eigenvalue weighted by atomic mass is 16.5. The third kappa shape index (κ3) is 3.63. The third-order valence-corrected chi connectivity index (χ3v) is 3.12. The van der Waals surface area contributed by atoms with Crippen LogP contribution < -0.4 is 0 Å². The van der Waals surface area contributed by atoms with E-state index in [4.69, 9.17) is 0 Å². The minimum atomic E-state index is -0.638. The molecule has 0 atom stereocenters. The summed E-state index contributed by atoms with van der Waals surface area (Å²) in [5, 5.41) is 5.53. The summed E-state index contributed by atoms with van der Waals surface area (Å²) < 4.78 is 4.54. The van der Waals surface area contributed by atoms with Crippen LogP contribution in [-0.2, 0) is 14.3 Å². The highest BCUT2D eigenvalue weighted by Crippen LogP contribution is 2.17. The summed E-state index contributed by atoms with van der Waals surface area (Å²) in [6.07, 6.45) is 1.05. The molecule has 0 N–H and O–H groups in total. The maximum Gasteiger partial charge on any atom is 0.332 e. The zero-order chi connectivity index (χ0) is 17.0. The van der Waals surface area contributed by atoms with Gasteiger partial charge in [-0.2, -0.15) is 10.1 Å². The van der Waals surface area contributed by atoms with Crippen LogP contribution in [0, 0.1) is 0 Å². The molecule has 0 aliphatic carbocycles. The molecule has 0 fully saturated rings. The number of rotatable bonds is 3. The van der Waals surface area contributed by atoms with Gasteiger partial charge in [-0.1, -0.05) is 30.3 Å². The average molecular weight is 314 g/mol. The lowest BCUT2D eigenvalue weighted by molar-refractivity contribution is -0.135. The lowest BCUT2D eigenvalue weighted by atomic mass is 10.1. The molecule has 0 saturated heterocycles. The van der Waals surface area contributed by atoms with Crippen LogP contribution >= 0.6 is 0 Å². The molecule has 1 amide bonds. The van der Waals surface area contributed by atoms with Crippen LogP contribution in [0.4, 0.5) is 0 Å². The topological polar surface area (TPSA) is 74.6 Å². The number of ether oxygens (including phenoxy) is 1. The smallest absolute Gasteiger partial charge is 0.332 e. The number of nitrogens with zero attached hydrogens (tertiary/aromatic N) is 4. The lowest BCUT2D eigenvalue weighted by Crippen LogP contribution is -2.37. The van der Waals surface area contributed by atoms with Crippen LogP contribution in [0.3, 0.4) is 0 Å². The molecular formula is C16H18N4O3. The van der Waals surface area contributed by atoms with Gasteiger partial charge in [-0.05, 0) is 12.5 Å². The van der Waals surface area contributed by atoms with Gasteiger partial charge in [-0.25, -0.2) is 9.79 Å². The van der Waals surface area contributed by atoms with Crippen molar-refractivity contribution in [3.05, 3.63) is 47.7 Å². The minimum Gasteiger partial charge on any atom is -0.466 e. The van der Waals surface area contributed by atoms with Crippen molar-refractivity contribution in [2.45, 2.75) is 6.92 Å². The van der Waals surface area contributed by atoms with Gasteiger partial charge >= 0.3 is 5.97 Å². The van der Waals surface area contributed by atoms with E-state index in [1.54, 1.807) is 25.9 Å². The van der Waals surface area contributed by atoms with Gasteiger partial charge in [0, 0.05) is 14.1 Å². The molecular weight excluding hydrogens is 296 g/mol. The molecule has 1 aliphatic rings. The fourth-order valence-electron chi connectivity index (χ4n) is 1.93. The van der Waals surface area contributed by atoms with E-state index < -0.39 is 11.9 Å². The Labute approximate surface area is 134 Å². The normalized spacial score (nSPS) is 16.6. The van der Waals surface area contributed by atoms with E-state index in [0.717, 1.165) is 11.6 Å². The van der Waals surface area contributed by atoms with Gasteiger partial charge in [0.15, 0.2) is 0 Å². The molecule has 1 aromatic rings. The number of hydrogen-bond donors (Lipinski definition) is 0. The molecule has 2 rings (SSSR count). The van der Waals surface area contributed by atoms with Gasteiger partial charge in [0.1, 0.15) is 5.70 Å². The van der Waals surface area contributed by atoms with Crippen LogP contribution in [0.2, 0.25) is 0 Å². The van der Waals surface area contributed by atoms with E-state index in [9.17, 15) is 9.59 Å². The van der Waals surface area contributed by atoms with Crippen LogP contribution in [-0.4, -0.2) is 54.7 Å². The molecule has 0 spiro atoms. The molecule has 120 valence electrons. The van der Waals surface area contributed by atoms with Crippen molar-refractivity contribution >= 4 is 23.5 Å². The Hall–Kier alpha value is -2.96. The summed E-state index contributed by atoms with van der Waals surface area (Å²) in [6, 6.07) is 9.49. The average Bonchev–Trinajstić information content (AvgIpc) is 2.85. The summed E-state index contributed by atoms with van der Waals surface area (Å²) in [5.41, 5.74) is 1.54. The fraction of sp³-hybridized carbons (Fsp3) is 0.250. The number of aliphatic imine (C=N–C) groups is 1. The number of esters is 1. The van der Waals surface area contributed by atoms with Crippen molar-refractivity contribution in [1.82, 2.24) is 9.91 Å². The second kappa shape index (κ2) is 6.87. The Morgan fingerprint density at radius 3 is 2.52 bits per heavy atom. The highest BCUT2D eigenvalue weighted by Gasteiger charge is 2.32. The van der Waals surface area contributed by atoms with Crippen LogP contribution in [0.5, 0.6) is 0 Å². The number of guanidine groups is 1. The van der Waals surface area contributed by atoms with Gasteiger partial charge in [0.05, 0.1) is 18.9 Å². The van der Waals surface area contributed by atoms with Crippen molar-refractivity contribution in [2.75, 3.05) is 21.2 Å². The molecule has 0 saturated carbocycles. The van der Waals surface area contributed by atoms with E-state index in [2.05, 4.69) is 14.8 Å². The monoisotopic (exact) mass is 314 g/mol. The highest BCUT2D eigenvalue weighted by molar-refractivity contribution is 6.14. The van der Waals surface area contributed by atoms with Gasteiger partial charge < -0.3 is 9.64 Å². The zero-order valence-electron chi connectivity index (χ0n) is 13.5. The van der Waals surface area contributed by atoms with Crippen molar-refractivity contribution in [3.63, 3.8) is 0 Å². The van der Waals surface area contributed by atoms with E-state index in [-0.39, 0.29) is 5.70 Å². The van der Waals surface area contributed by atoms with Crippen molar-refractivity contribution in [2.24, 2.45) is 10.1 Å². The maximum atomic E-state index is 12.4. The summed E-state index contributed by atoms with van der Waals surface area (Å²) in [6.45, 7) is 1.80. The minimum absolute atomic E-state index is 0.00911. The van der Waals surface area contributed by atoms with E-state index >= 15 is 0 Å². The molecule has 0 aromatic heterocycles. The summed E-state index contributed by atoms with van der Waals surface area (Å²) in [4.78, 5) is 29.6. The van der Waals surface area contributed by atoms with Crippen LogP contribution in [0.1, 0.15) is 12.5 Å². The second-order valence-electron chi connectivity index (χ2n) is 5.03. The molecule has 0 bridgehead atoms. The first kappa shape index (κ1) is 16.4. The van der Waals surface area contributed by atoms with Gasteiger partial charge in [-0.3, -0.25) is 4.79 Å². The third-order valence-electron chi connectivity index (χ3n) is 3.12. The Bertz CT molecular complexity index is 705. The first-order valence-electron chi connectivity index (χ1n) is 6.94. The summed E-state index contributed by atoms with van der Waals surface area (Å²) in [7, 11) is 4.73. The fourth-order valence-corrected chi connectivity index (χ4v) is 1.93. The predicted molar refractivity (Wildman–Crippen MR) is 86.7 cm³/mol.